The summed E-state index contributed by atoms with van der Waals surface area (Å²) in [5.41, 5.74) is 0.0171. The molecule has 3 aromatic carbocycles. The minimum atomic E-state index is -4.83. The minimum absolute atomic E-state index is 0.0908. The lowest BCUT2D eigenvalue weighted by Gasteiger charge is -2.12. The topological polar surface area (TPSA) is 61.6 Å². The van der Waals surface area contributed by atoms with Gasteiger partial charge in [-0.25, -0.2) is 9.78 Å². The van der Waals surface area contributed by atoms with Gasteiger partial charge in [-0.15, -0.1) is 0 Å². The molecule has 4 aromatic rings. The number of hydrogen-bond donors (Lipinski definition) is 0. The highest BCUT2D eigenvalue weighted by atomic mass is 19.4. The second kappa shape index (κ2) is 8.58. The van der Waals surface area contributed by atoms with E-state index >= 15 is 0 Å². The van der Waals surface area contributed by atoms with Crippen LogP contribution in [0.15, 0.2) is 83.3 Å². The van der Waals surface area contributed by atoms with E-state index in [0.29, 0.717) is 5.56 Å². The predicted molar refractivity (Wildman–Crippen MR) is 110 cm³/mol. The third-order valence-corrected chi connectivity index (χ3v) is 4.56. The lowest BCUT2D eigenvalue weighted by Crippen LogP contribution is -2.10. The Kier molecular flexibility index (Phi) is 5.68. The van der Waals surface area contributed by atoms with Crippen LogP contribution in [0.1, 0.15) is 16.1 Å². The highest BCUT2D eigenvalue weighted by molar-refractivity contribution is 5.92. The van der Waals surface area contributed by atoms with Crippen molar-refractivity contribution in [2.45, 2.75) is 6.18 Å². The smallest absolute Gasteiger partial charge is 0.451 e. The molecule has 0 unspecified atom stereocenters. The van der Waals surface area contributed by atoms with Crippen LogP contribution in [0.5, 0.6) is 11.5 Å². The van der Waals surface area contributed by atoms with E-state index in [2.05, 4.69) is 4.98 Å². The molecule has 5 nitrogen and oxygen atoms in total. The first kappa shape index (κ1) is 21.2. The van der Waals surface area contributed by atoms with E-state index in [1.165, 1.54) is 37.4 Å². The van der Waals surface area contributed by atoms with Crippen molar-refractivity contribution in [3.05, 3.63) is 90.2 Å². The maximum atomic E-state index is 13.8. The molecule has 0 spiro atoms. The Labute approximate surface area is 181 Å². The van der Waals surface area contributed by atoms with Crippen LogP contribution in [0.3, 0.4) is 0 Å². The number of oxazole rings is 1. The van der Waals surface area contributed by atoms with Crippen LogP contribution in [0.25, 0.3) is 22.7 Å². The van der Waals surface area contributed by atoms with E-state index in [1.54, 1.807) is 48.5 Å². The van der Waals surface area contributed by atoms with Crippen molar-refractivity contribution in [1.82, 2.24) is 4.98 Å². The van der Waals surface area contributed by atoms with E-state index in [9.17, 15) is 18.0 Å². The average Bonchev–Trinajstić information content (AvgIpc) is 3.26. The first-order chi connectivity index (χ1) is 15.4. The molecule has 32 heavy (non-hydrogen) atoms. The van der Waals surface area contributed by atoms with Crippen LogP contribution in [-0.2, 0) is 6.18 Å². The zero-order valence-corrected chi connectivity index (χ0v) is 16.7. The van der Waals surface area contributed by atoms with Gasteiger partial charge < -0.3 is 13.9 Å². The summed E-state index contributed by atoms with van der Waals surface area (Å²) in [6.45, 7) is 0. The SMILES string of the molecule is COc1ccc(OC(=O)c2ccccc2)c(-c2nc(-c3ccccc3)oc2C(F)(F)F)c1. The van der Waals surface area contributed by atoms with Gasteiger partial charge in [0.05, 0.1) is 18.2 Å². The summed E-state index contributed by atoms with van der Waals surface area (Å²) in [6.07, 6.45) is -4.83. The fourth-order valence-electron chi connectivity index (χ4n) is 3.04. The number of aromatic nitrogens is 1. The van der Waals surface area contributed by atoms with E-state index in [0.717, 1.165) is 0 Å². The quantitative estimate of drug-likeness (QED) is 0.272. The molecule has 0 fully saturated rings. The fraction of sp³-hybridized carbons (Fsp3) is 0.0833. The molecule has 0 amide bonds. The number of carbonyl (C=O) groups excluding carboxylic acids is 1. The number of alkyl halides is 3. The summed E-state index contributed by atoms with van der Waals surface area (Å²) in [6, 6.07) is 20.4. The molecule has 0 bridgehead atoms. The highest BCUT2D eigenvalue weighted by Crippen LogP contribution is 2.43. The number of ether oxygens (including phenoxy) is 2. The zero-order valence-electron chi connectivity index (χ0n) is 16.7. The number of rotatable bonds is 5. The summed E-state index contributed by atoms with van der Waals surface area (Å²) in [4.78, 5) is 16.6. The second-order valence-electron chi connectivity index (χ2n) is 6.68. The number of esters is 1. The van der Waals surface area contributed by atoms with E-state index in [1.807, 2.05) is 0 Å². The van der Waals surface area contributed by atoms with Crippen molar-refractivity contribution in [3.8, 4) is 34.2 Å². The molecule has 162 valence electrons. The Hall–Kier alpha value is -4.07. The molecule has 1 aromatic heterocycles. The van der Waals surface area contributed by atoms with Crippen LogP contribution >= 0.6 is 0 Å². The molecule has 0 aliphatic carbocycles. The maximum Gasteiger partial charge on any atom is 0.451 e. The Morgan fingerprint density at radius 3 is 2.22 bits per heavy atom. The third-order valence-electron chi connectivity index (χ3n) is 4.56. The molecule has 0 aliphatic heterocycles. The molecule has 8 heteroatoms. The summed E-state index contributed by atoms with van der Waals surface area (Å²) >= 11 is 0. The predicted octanol–water partition coefficient (Wildman–Crippen LogP) is 6.26. The van der Waals surface area contributed by atoms with Gasteiger partial charge in [0, 0.05) is 5.56 Å². The third kappa shape index (κ3) is 4.34. The number of nitrogens with zero attached hydrogens (tertiary/aromatic N) is 1. The van der Waals surface area contributed by atoms with Gasteiger partial charge in [0.1, 0.15) is 17.2 Å². The van der Waals surface area contributed by atoms with Crippen molar-refractivity contribution in [1.29, 1.82) is 0 Å². The summed E-state index contributed by atoms with van der Waals surface area (Å²) in [5, 5.41) is 0. The lowest BCUT2D eigenvalue weighted by molar-refractivity contribution is -0.152. The second-order valence-corrected chi connectivity index (χ2v) is 6.68. The van der Waals surface area contributed by atoms with Crippen LogP contribution < -0.4 is 9.47 Å². The molecule has 0 aliphatic rings. The van der Waals surface area contributed by atoms with Gasteiger partial charge in [-0.2, -0.15) is 13.2 Å². The number of carbonyl (C=O) groups is 1. The minimum Gasteiger partial charge on any atom is -0.497 e. The van der Waals surface area contributed by atoms with Gasteiger partial charge >= 0.3 is 12.1 Å². The monoisotopic (exact) mass is 439 g/mol. The van der Waals surface area contributed by atoms with Crippen molar-refractivity contribution in [2.75, 3.05) is 7.11 Å². The van der Waals surface area contributed by atoms with Crippen LogP contribution in [0.4, 0.5) is 13.2 Å². The Bertz CT molecular complexity index is 1240. The molecular weight excluding hydrogens is 423 g/mol. The van der Waals surface area contributed by atoms with Crippen LogP contribution in [-0.4, -0.2) is 18.1 Å². The fourth-order valence-corrected chi connectivity index (χ4v) is 3.04. The normalized spacial score (nSPS) is 11.2. The van der Waals surface area contributed by atoms with Crippen LogP contribution in [0, 0.1) is 0 Å². The first-order valence-electron chi connectivity index (χ1n) is 9.46. The maximum absolute atomic E-state index is 13.8. The number of hydrogen-bond acceptors (Lipinski definition) is 5. The molecule has 0 radical (unpaired) electrons. The van der Waals surface area contributed by atoms with E-state index < -0.39 is 23.6 Å². The zero-order chi connectivity index (χ0) is 22.7. The van der Waals surface area contributed by atoms with Crippen molar-refractivity contribution in [2.24, 2.45) is 0 Å². The van der Waals surface area contributed by atoms with Gasteiger partial charge in [-0.3, -0.25) is 0 Å². The Balaban J connectivity index is 1.85. The van der Waals surface area contributed by atoms with Crippen molar-refractivity contribution in [3.63, 3.8) is 0 Å². The Morgan fingerprint density at radius 2 is 1.59 bits per heavy atom. The molecular formula is C24H16F3NO4. The molecule has 1 heterocycles. The van der Waals surface area contributed by atoms with Gasteiger partial charge in [-0.1, -0.05) is 36.4 Å². The first-order valence-corrected chi connectivity index (χ1v) is 9.46. The van der Waals surface area contributed by atoms with Gasteiger partial charge in [-0.05, 0) is 42.5 Å². The van der Waals surface area contributed by atoms with Crippen molar-refractivity contribution < 1.29 is 31.9 Å². The molecule has 0 atom stereocenters. The van der Waals surface area contributed by atoms with E-state index in [-0.39, 0.29) is 28.5 Å². The van der Waals surface area contributed by atoms with Gasteiger partial charge in [0.2, 0.25) is 11.7 Å². The Morgan fingerprint density at radius 1 is 0.938 bits per heavy atom. The van der Waals surface area contributed by atoms with Gasteiger partial charge in [0.15, 0.2) is 0 Å². The summed E-state index contributed by atoms with van der Waals surface area (Å²) in [7, 11) is 1.37. The summed E-state index contributed by atoms with van der Waals surface area (Å²) in [5.74, 6) is -2.09. The molecule has 0 saturated heterocycles. The lowest BCUT2D eigenvalue weighted by atomic mass is 10.1. The summed E-state index contributed by atoms with van der Waals surface area (Å²) < 4.78 is 57.2. The number of benzene rings is 3. The molecule has 0 saturated carbocycles. The molecule has 4 rings (SSSR count). The van der Waals surface area contributed by atoms with Crippen molar-refractivity contribution >= 4 is 5.97 Å². The average molecular weight is 439 g/mol. The van der Waals surface area contributed by atoms with E-state index in [4.69, 9.17) is 13.9 Å². The number of methoxy groups -OCH3 is 1. The van der Waals surface area contributed by atoms with Gasteiger partial charge in [0.25, 0.3) is 0 Å². The molecule has 0 N–H and O–H groups in total. The largest absolute Gasteiger partial charge is 0.497 e. The standard InChI is InChI=1S/C24H16F3NO4/c1-30-17-12-13-19(31-23(29)16-10-6-3-7-11-16)18(14-17)20-21(24(25,26)27)32-22(28-20)15-8-4-2-5-9-15/h2-14H,1H3. The van der Waals surface area contributed by atoms with Crippen LogP contribution in [0.2, 0.25) is 0 Å². The number of halogens is 3. The highest BCUT2D eigenvalue weighted by Gasteiger charge is 2.41.